The Morgan fingerprint density at radius 3 is 2.70 bits per heavy atom. The molecule has 0 aliphatic carbocycles. The monoisotopic (exact) mass is 329 g/mol. The topological polar surface area (TPSA) is 43.8 Å². The van der Waals surface area contributed by atoms with Gasteiger partial charge < -0.3 is 10.3 Å². The molecule has 23 heavy (non-hydrogen) atoms. The molecular formula is C18H17ClFN3. The van der Waals surface area contributed by atoms with Crippen LogP contribution in [0.5, 0.6) is 0 Å². The summed E-state index contributed by atoms with van der Waals surface area (Å²) in [6.07, 6.45) is 3.96. The minimum Gasteiger partial charge on any atom is -0.330 e. The summed E-state index contributed by atoms with van der Waals surface area (Å²) >= 11 is 6.11. The lowest BCUT2D eigenvalue weighted by Gasteiger charge is -2.10. The zero-order valence-electron chi connectivity index (χ0n) is 12.5. The zero-order chi connectivity index (χ0) is 16.2. The molecule has 3 aromatic rings. The average Bonchev–Trinajstić information content (AvgIpc) is 2.98. The lowest BCUT2D eigenvalue weighted by atomic mass is 10.1. The maximum absolute atomic E-state index is 14.0. The van der Waals surface area contributed by atoms with E-state index in [4.69, 9.17) is 17.3 Å². The van der Waals surface area contributed by atoms with Crippen molar-refractivity contribution in [3.8, 4) is 0 Å². The molecule has 0 spiro atoms. The molecule has 118 valence electrons. The number of nitrogens with zero attached hydrogens (tertiary/aromatic N) is 2. The number of benzene rings is 2. The highest BCUT2D eigenvalue weighted by Crippen LogP contribution is 2.22. The molecule has 0 saturated heterocycles. The van der Waals surface area contributed by atoms with Gasteiger partial charge in [0.1, 0.15) is 11.6 Å². The largest absolute Gasteiger partial charge is 0.330 e. The molecular weight excluding hydrogens is 313 g/mol. The van der Waals surface area contributed by atoms with E-state index in [1.165, 1.54) is 6.07 Å². The summed E-state index contributed by atoms with van der Waals surface area (Å²) in [7, 11) is 0. The van der Waals surface area contributed by atoms with Gasteiger partial charge in [-0.25, -0.2) is 9.37 Å². The van der Waals surface area contributed by atoms with Crippen LogP contribution in [0.3, 0.4) is 0 Å². The van der Waals surface area contributed by atoms with Gasteiger partial charge in [0.15, 0.2) is 0 Å². The van der Waals surface area contributed by atoms with E-state index >= 15 is 0 Å². The van der Waals surface area contributed by atoms with E-state index in [0.717, 1.165) is 17.0 Å². The molecule has 0 unspecified atom stereocenters. The third-order valence-electron chi connectivity index (χ3n) is 3.78. The van der Waals surface area contributed by atoms with Crippen molar-refractivity contribution in [1.29, 1.82) is 0 Å². The Bertz CT molecular complexity index is 793. The second-order valence-electron chi connectivity index (χ2n) is 5.37. The molecule has 1 heterocycles. The maximum Gasteiger partial charge on any atom is 0.128 e. The molecule has 3 nitrogen and oxygen atoms in total. The summed E-state index contributed by atoms with van der Waals surface area (Å²) in [5.41, 5.74) is 8.37. The second-order valence-corrected chi connectivity index (χ2v) is 5.78. The number of imidazole rings is 1. The molecule has 0 aliphatic heterocycles. The van der Waals surface area contributed by atoms with Gasteiger partial charge in [0.25, 0.3) is 0 Å². The lowest BCUT2D eigenvalue weighted by Crippen LogP contribution is -2.07. The smallest absolute Gasteiger partial charge is 0.128 e. The van der Waals surface area contributed by atoms with Crippen molar-refractivity contribution in [3.63, 3.8) is 0 Å². The molecule has 0 radical (unpaired) electrons. The summed E-state index contributed by atoms with van der Waals surface area (Å²) in [6.45, 7) is 1.17. The molecule has 0 aliphatic rings. The van der Waals surface area contributed by atoms with E-state index in [9.17, 15) is 4.39 Å². The van der Waals surface area contributed by atoms with Gasteiger partial charge in [-0.05, 0) is 23.3 Å². The lowest BCUT2D eigenvalue weighted by molar-refractivity contribution is 0.609. The number of hydrogen-bond acceptors (Lipinski definition) is 2. The van der Waals surface area contributed by atoms with Crippen molar-refractivity contribution in [2.24, 2.45) is 5.73 Å². The highest BCUT2D eigenvalue weighted by atomic mass is 35.5. The van der Waals surface area contributed by atoms with E-state index in [0.29, 0.717) is 30.1 Å². The number of hydrogen-bond donors (Lipinski definition) is 1. The molecule has 1 aromatic heterocycles. The fourth-order valence-corrected chi connectivity index (χ4v) is 2.79. The van der Waals surface area contributed by atoms with Crippen molar-refractivity contribution in [2.75, 3.05) is 0 Å². The fourth-order valence-electron chi connectivity index (χ4n) is 2.56. The Kier molecular flexibility index (Phi) is 4.74. The van der Waals surface area contributed by atoms with E-state index in [2.05, 4.69) is 11.1 Å². The van der Waals surface area contributed by atoms with Gasteiger partial charge in [-0.1, -0.05) is 41.9 Å². The first kappa shape index (κ1) is 15.7. The molecule has 0 bridgehead atoms. The van der Waals surface area contributed by atoms with Crippen LogP contribution in [0.25, 0.3) is 0 Å². The van der Waals surface area contributed by atoms with Crippen molar-refractivity contribution < 1.29 is 4.39 Å². The van der Waals surface area contributed by atoms with Crippen molar-refractivity contribution in [3.05, 3.63) is 88.2 Å². The third kappa shape index (κ3) is 3.60. The summed E-state index contributed by atoms with van der Waals surface area (Å²) in [5.74, 6) is 0.465. The number of nitrogens with two attached hydrogens (primary N) is 1. The van der Waals surface area contributed by atoms with Crippen LogP contribution in [0.2, 0.25) is 5.02 Å². The van der Waals surface area contributed by atoms with E-state index < -0.39 is 0 Å². The summed E-state index contributed by atoms with van der Waals surface area (Å²) < 4.78 is 16.0. The van der Waals surface area contributed by atoms with Crippen LogP contribution in [0, 0.1) is 5.82 Å². The van der Waals surface area contributed by atoms with Crippen molar-refractivity contribution >= 4 is 11.6 Å². The van der Waals surface area contributed by atoms with E-state index in [1.807, 2.05) is 29.0 Å². The predicted molar refractivity (Wildman–Crippen MR) is 89.9 cm³/mol. The van der Waals surface area contributed by atoms with Gasteiger partial charge in [0, 0.05) is 42.5 Å². The average molecular weight is 330 g/mol. The summed E-state index contributed by atoms with van der Waals surface area (Å²) in [6, 6.07) is 12.8. The molecule has 0 fully saturated rings. The maximum atomic E-state index is 14.0. The Labute approximate surface area is 139 Å². The van der Waals surface area contributed by atoms with Crippen LogP contribution in [0.1, 0.15) is 22.5 Å². The van der Waals surface area contributed by atoms with Gasteiger partial charge in [-0.3, -0.25) is 0 Å². The molecule has 2 aromatic carbocycles. The predicted octanol–water partition coefficient (Wildman–Crippen LogP) is 3.77. The minimum atomic E-state index is -0.308. The minimum absolute atomic E-state index is 0.308. The summed E-state index contributed by atoms with van der Waals surface area (Å²) in [5, 5.41) is 0.421. The van der Waals surface area contributed by atoms with E-state index in [-0.39, 0.29) is 5.82 Å². The molecule has 3 rings (SSSR count). The van der Waals surface area contributed by atoms with Crippen LogP contribution in [-0.4, -0.2) is 9.55 Å². The molecule has 0 atom stereocenters. The SMILES string of the molecule is NCc1cccc(Cn2ccnc2Cc2c(F)cccc2Cl)c1. The zero-order valence-corrected chi connectivity index (χ0v) is 13.3. The molecule has 2 N–H and O–H groups in total. The van der Waals surface area contributed by atoms with E-state index in [1.54, 1.807) is 18.3 Å². The van der Waals surface area contributed by atoms with Gasteiger partial charge in [0.05, 0.1) is 0 Å². The third-order valence-corrected chi connectivity index (χ3v) is 4.13. The summed E-state index contributed by atoms with van der Waals surface area (Å²) in [4.78, 5) is 4.35. The highest BCUT2D eigenvalue weighted by molar-refractivity contribution is 6.31. The molecule has 5 heteroatoms. The van der Waals surface area contributed by atoms with Crippen LogP contribution in [0.15, 0.2) is 54.9 Å². The quantitative estimate of drug-likeness (QED) is 0.774. The fraction of sp³-hybridized carbons (Fsp3) is 0.167. The van der Waals surface area contributed by atoms with Crippen LogP contribution in [-0.2, 0) is 19.5 Å². The number of aromatic nitrogens is 2. The van der Waals surface area contributed by atoms with Gasteiger partial charge in [-0.2, -0.15) is 0 Å². The van der Waals surface area contributed by atoms with Gasteiger partial charge in [0.2, 0.25) is 0 Å². The van der Waals surface area contributed by atoms with Crippen molar-refractivity contribution in [1.82, 2.24) is 9.55 Å². The first-order valence-corrected chi connectivity index (χ1v) is 7.76. The Hall–Kier alpha value is -2.17. The van der Waals surface area contributed by atoms with Crippen LogP contribution < -0.4 is 5.73 Å². The highest BCUT2D eigenvalue weighted by Gasteiger charge is 2.12. The number of rotatable bonds is 5. The van der Waals surface area contributed by atoms with Crippen molar-refractivity contribution in [2.45, 2.75) is 19.5 Å². The Balaban J connectivity index is 1.85. The molecule has 0 amide bonds. The van der Waals surface area contributed by atoms with Gasteiger partial charge >= 0.3 is 0 Å². The standard InChI is InChI=1S/C18H17ClFN3/c19-16-5-2-6-17(20)15(16)10-18-22-7-8-23(18)12-14-4-1-3-13(9-14)11-21/h1-9H,10-12,21H2. The van der Waals surface area contributed by atoms with Gasteiger partial charge in [-0.15, -0.1) is 0 Å². The first-order chi connectivity index (χ1) is 11.2. The Morgan fingerprint density at radius 2 is 1.91 bits per heavy atom. The first-order valence-electron chi connectivity index (χ1n) is 7.38. The molecule has 0 saturated carbocycles. The second kappa shape index (κ2) is 6.94. The number of halogens is 2. The van der Waals surface area contributed by atoms with Crippen LogP contribution >= 0.6 is 11.6 Å². The Morgan fingerprint density at radius 1 is 1.13 bits per heavy atom. The van der Waals surface area contributed by atoms with Crippen LogP contribution in [0.4, 0.5) is 4.39 Å². The normalized spacial score (nSPS) is 10.9.